The van der Waals surface area contributed by atoms with Crippen LogP contribution in [0, 0.1) is 5.92 Å². The molecule has 0 N–H and O–H groups in total. The van der Waals surface area contributed by atoms with Gasteiger partial charge in [-0.3, -0.25) is 4.79 Å². The normalized spacial score (nSPS) is 14.6. The number of rotatable bonds is 9. The molecule has 4 rings (SSSR count). The number of benzene rings is 2. The number of aromatic nitrogens is 1. The third-order valence-electron chi connectivity index (χ3n) is 5.84. The number of halogens is 1. The first-order valence-corrected chi connectivity index (χ1v) is 12.5. The van der Waals surface area contributed by atoms with Crippen molar-refractivity contribution in [2.24, 2.45) is 5.92 Å². The fraction of sp³-hybridized carbons (Fsp3) is 0.440. The number of carbonyl (C=O) groups is 1. The standard InChI is InChI=1S/C25H29ClN2O3S/c1-2-30-24(29)9-6-19-4-3-5-21(16-19)31-15-12-18-10-13-28(14-11-18)25-27-22-8-7-20(26)17-23(22)32-25/h3-5,7-8,16-18H,2,6,9-15H2,1H3. The lowest BCUT2D eigenvalue weighted by atomic mass is 9.94. The van der Waals surface area contributed by atoms with Crippen LogP contribution in [0.3, 0.4) is 0 Å². The first kappa shape index (κ1) is 22.9. The largest absolute Gasteiger partial charge is 0.494 e. The molecule has 2 heterocycles. The van der Waals surface area contributed by atoms with Crippen molar-refractivity contribution >= 4 is 44.3 Å². The minimum Gasteiger partial charge on any atom is -0.494 e. The average Bonchev–Trinajstić information content (AvgIpc) is 3.22. The van der Waals surface area contributed by atoms with E-state index < -0.39 is 0 Å². The van der Waals surface area contributed by atoms with Crippen molar-refractivity contribution < 1.29 is 14.3 Å². The van der Waals surface area contributed by atoms with Crippen molar-refractivity contribution in [3.63, 3.8) is 0 Å². The maximum absolute atomic E-state index is 11.6. The van der Waals surface area contributed by atoms with Crippen molar-refractivity contribution in [1.29, 1.82) is 0 Å². The first-order chi connectivity index (χ1) is 15.6. The van der Waals surface area contributed by atoms with Gasteiger partial charge < -0.3 is 14.4 Å². The van der Waals surface area contributed by atoms with Gasteiger partial charge in [-0.25, -0.2) is 4.98 Å². The van der Waals surface area contributed by atoms with E-state index >= 15 is 0 Å². The summed E-state index contributed by atoms with van der Waals surface area (Å²) in [5.41, 5.74) is 2.12. The van der Waals surface area contributed by atoms with Gasteiger partial charge in [0.2, 0.25) is 0 Å². The highest BCUT2D eigenvalue weighted by molar-refractivity contribution is 7.22. The highest BCUT2D eigenvalue weighted by Gasteiger charge is 2.21. The molecule has 0 bridgehead atoms. The van der Waals surface area contributed by atoms with Crippen LogP contribution in [-0.2, 0) is 16.0 Å². The van der Waals surface area contributed by atoms with Crippen molar-refractivity contribution in [2.75, 3.05) is 31.2 Å². The number of fused-ring (bicyclic) bond motifs is 1. The van der Waals surface area contributed by atoms with E-state index in [1.54, 1.807) is 11.3 Å². The molecule has 0 saturated carbocycles. The molecule has 0 aliphatic carbocycles. The summed E-state index contributed by atoms with van der Waals surface area (Å²) in [5, 5.41) is 1.85. The van der Waals surface area contributed by atoms with Crippen LogP contribution in [0.1, 0.15) is 38.2 Å². The Bertz CT molecular complexity index is 1050. The Balaban J connectivity index is 1.20. The third kappa shape index (κ3) is 6.14. The van der Waals surface area contributed by atoms with Gasteiger partial charge in [-0.05, 0) is 74.4 Å². The van der Waals surface area contributed by atoms with Crippen LogP contribution in [0.4, 0.5) is 5.13 Å². The quantitative estimate of drug-likeness (QED) is 0.350. The van der Waals surface area contributed by atoms with Crippen LogP contribution < -0.4 is 9.64 Å². The fourth-order valence-electron chi connectivity index (χ4n) is 4.05. The van der Waals surface area contributed by atoms with Crippen LogP contribution >= 0.6 is 22.9 Å². The summed E-state index contributed by atoms with van der Waals surface area (Å²) in [5.74, 6) is 1.39. The zero-order chi connectivity index (χ0) is 22.3. The zero-order valence-electron chi connectivity index (χ0n) is 18.4. The van der Waals surface area contributed by atoms with Crippen LogP contribution in [0.15, 0.2) is 42.5 Å². The van der Waals surface area contributed by atoms with Crippen molar-refractivity contribution in [1.82, 2.24) is 4.98 Å². The minimum absolute atomic E-state index is 0.153. The monoisotopic (exact) mass is 472 g/mol. The van der Waals surface area contributed by atoms with E-state index in [1.165, 1.54) is 0 Å². The number of anilines is 1. The molecule has 1 aromatic heterocycles. The molecule has 0 radical (unpaired) electrons. The number of piperidine rings is 1. The second-order valence-electron chi connectivity index (χ2n) is 8.13. The van der Waals surface area contributed by atoms with Crippen LogP contribution in [0.5, 0.6) is 5.75 Å². The number of hydrogen-bond donors (Lipinski definition) is 0. The summed E-state index contributed by atoms with van der Waals surface area (Å²) < 4.78 is 12.2. The average molecular weight is 473 g/mol. The fourth-order valence-corrected chi connectivity index (χ4v) is 5.34. The van der Waals surface area contributed by atoms with Gasteiger partial charge in [0.1, 0.15) is 5.75 Å². The predicted octanol–water partition coefficient (Wildman–Crippen LogP) is 6.13. The summed E-state index contributed by atoms with van der Waals surface area (Å²) >= 11 is 7.83. The SMILES string of the molecule is CCOC(=O)CCc1cccc(OCCC2CCN(c3nc4ccc(Cl)cc4s3)CC2)c1. The second kappa shape index (κ2) is 11.0. The predicted molar refractivity (Wildman–Crippen MR) is 131 cm³/mol. The van der Waals surface area contributed by atoms with Gasteiger partial charge in [-0.15, -0.1) is 0 Å². The molecule has 2 aromatic carbocycles. The van der Waals surface area contributed by atoms with Crippen molar-refractivity contribution in [2.45, 2.75) is 39.0 Å². The molecule has 1 aliphatic rings. The molecule has 3 aromatic rings. The molecule has 0 atom stereocenters. The lowest BCUT2D eigenvalue weighted by Crippen LogP contribution is -2.34. The Labute approximate surface area is 198 Å². The molecule has 0 spiro atoms. The molecule has 1 fully saturated rings. The number of nitrogens with zero attached hydrogens (tertiary/aromatic N) is 2. The molecule has 170 valence electrons. The Morgan fingerprint density at radius 1 is 1.22 bits per heavy atom. The van der Waals surface area contributed by atoms with Crippen molar-refractivity contribution in [3.05, 3.63) is 53.1 Å². The number of carbonyl (C=O) groups excluding carboxylic acids is 1. The van der Waals surface area contributed by atoms with Gasteiger partial charge in [-0.1, -0.05) is 35.1 Å². The maximum atomic E-state index is 11.6. The number of esters is 1. The summed E-state index contributed by atoms with van der Waals surface area (Å²) in [4.78, 5) is 18.7. The van der Waals surface area contributed by atoms with E-state index in [9.17, 15) is 4.79 Å². The first-order valence-electron chi connectivity index (χ1n) is 11.3. The van der Waals surface area contributed by atoms with Crippen LogP contribution in [0.25, 0.3) is 10.2 Å². The molecular weight excluding hydrogens is 444 g/mol. The minimum atomic E-state index is -0.153. The van der Waals surface area contributed by atoms with E-state index in [0.29, 0.717) is 32.0 Å². The summed E-state index contributed by atoms with van der Waals surface area (Å²) in [7, 11) is 0. The molecular formula is C25H29ClN2O3S. The number of thiazole rings is 1. The third-order valence-corrected chi connectivity index (χ3v) is 7.15. The number of hydrogen-bond acceptors (Lipinski definition) is 6. The molecule has 32 heavy (non-hydrogen) atoms. The van der Waals surface area contributed by atoms with Gasteiger partial charge in [0.05, 0.1) is 23.4 Å². The highest BCUT2D eigenvalue weighted by atomic mass is 35.5. The number of ether oxygens (including phenoxy) is 2. The summed E-state index contributed by atoms with van der Waals surface area (Å²) in [6.45, 7) is 5.03. The Morgan fingerprint density at radius 2 is 2.06 bits per heavy atom. The Morgan fingerprint density at radius 3 is 2.88 bits per heavy atom. The Kier molecular flexibility index (Phi) is 7.87. The number of aryl methyl sites for hydroxylation is 1. The van der Waals surface area contributed by atoms with Crippen LogP contribution in [-0.4, -0.2) is 37.3 Å². The lowest BCUT2D eigenvalue weighted by molar-refractivity contribution is -0.143. The smallest absolute Gasteiger partial charge is 0.306 e. The molecule has 0 unspecified atom stereocenters. The maximum Gasteiger partial charge on any atom is 0.306 e. The van der Waals surface area contributed by atoms with Crippen molar-refractivity contribution in [3.8, 4) is 5.75 Å². The highest BCUT2D eigenvalue weighted by Crippen LogP contribution is 2.33. The summed E-state index contributed by atoms with van der Waals surface area (Å²) in [6, 6.07) is 13.9. The molecule has 1 aliphatic heterocycles. The summed E-state index contributed by atoms with van der Waals surface area (Å²) in [6.07, 6.45) is 4.43. The van der Waals surface area contributed by atoms with Gasteiger partial charge >= 0.3 is 5.97 Å². The van der Waals surface area contributed by atoms with E-state index in [0.717, 1.165) is 64.0 Å². The molecule has 5 nitrogen and oxygen atoms in total. The van der Waals surface area contributed by atoms with Crippen LogP contribution in [0.2, 0.25) is 5.02 Å². The molecule has 0 amide bonds. The van der Waals surface area contributed by atoms with Gasteiger partial charge in [-0.2, -0.15) is 0 Å². The van der Waals surface area contributed by atoms with Gasteiger partial charge in [0.25, 0.3) is 0 Å². The van der Waals surface area contributed by atoms with Gasteiger partial charge in [0.15, 0.2) is 5.13 Å². The molecule has 1 saturated heterocycles. The lowest BCUT2D eigenvalue weighted by Gasteiger charge is -2.31. The van der Waals surface area contributed by atoms with E-state index in [2.05, 4.69) is 4.90 Å². The van der Waals surface area contributed by atoms with E-state index in [1.807, 2.05) is 49.4 Å². The topological polar surface area (TPSA) is 51.7 Å². The second-order valence-corrected chi connectivity index (χ2v) is 9.57. The Hall–Kier alpha value is -2.31. The molecule has 7 heteroatoms. The zero-order valence-corrected chi connectivity index (χ0v) is 20.0. The van der Waals surface area contributed by atoms with E-state index in [4.69, 9.17) is 26.1 Å². The van der Waals surface area contributed by atoms with E-state index in [-0.39, 0.29) is 5.97 Å². The van der Waals surface area contributed by atoms with Gasteiger partial charge in [0, 0.05) is 24.5 Å².